The number of hydrogen-bond acceptors (Lipinski definition) is 3. The number of rotatable bonds is 3. The first-order valence-corrected chi connectivity index (χ1v) is 9.12. The molecule has 3 aromatic rings. The Bertz CT molecular complexity index is 1050. The molecular formula is C17H8Cl4F3N3O2. The second kappa shape index (κ2) is 8.31. The van der Waals surface area contributed by atoms with Crippen LogP contribution in [0.3, 0.4) is 0 Å². The Kier molecular flexibility index (Phi) is 6.19. The Balaban J connectivity index is 1.91. The summed E-state index contributed by atoms with van der Waals surface area (Å²) in [5, 5.41) is 6.36. The molecule has 1 N–H and O–H groups in total. The number of amides is 1. The van der Waals surface area contributed by atoms with Crippen LogP contribution in [0.25, 0.3) is 5.69 Å². The first-order valence-electron chi connectivity index (χ1n) is 7.61. The van der Waals surface area contributed by atoms with Gasteiger partial charge in [0.25, 0.3) is 0 Å². The molecule has 2 aromatic carbocycles. The summed E-state index contributed by atoms with van der Waals surface area (Å²) in [6.07, 6.45) is -5.36. The monoisotopic (exact) mass is 483 g/mol. The number of nitrogens with one attached hydrogen (secondary N) is 1. The van der Waals surface area contributed by atoms with Crippen LogP contribution in [0.2, 0.25) is 20.1 Å². The summed E-state index contributed by atoms with van der Waals surface area (Å²) in [5.74, 6) is -0.814. The Morgan fingerprint density at radius 2 is 1.59 bits per heavy atom. The van der Waals surface area contributed by atoms with Crippen molar-refractivity contribution < 1.29 is 22.7 Å². The zero-order chi connectivity index (χ0) is 21.3. The van der Waals surface area contributed by atoms with E-state index in [1.54, 1.807) is 0 Å². The molecule has 0 bridgehead atoms. The minimum absolute atomic E-state index is 0.0210. The smallest absolute Gasteiger partial charge is 0.406 e. The van der Waals surface area contributed by atoms with E-state index in [0.29, 0.717) is 9.70 Å². The van der Waals surface area contributed by atoms with Gasteiger partial charge in [0.05, 0.1) is 27.6 Å². The van der Waals surface area contributed by atoms with E-state index in [2.05, 4.69) is 10.4 Å². The molecule has 12 heteroatoms. The van der Waals surface area contributed by atoms with Gasteiger partial charge in [0.2, 0.25) is 0 Å². The highest BCUT2D eigenvalue weighted by molar-refractivity contribution is 6.42. The van der Waals surface area contributed by atoms with Crippen molar-refractivity contribution in [2.45, 2.75) is 6.18 Å². The van der Waals surface area contributed by atoms with Crippen LogP contribution < -0.4 is 10.1 Å². The van der Waals surface area contributed by atoms with E-state index < -0.39 is 23.7 Å². The van der Waals surface area contributed by atoms with Gasteiger partial charge in [-0.1, -0.05) is 46.4 Å². The summed E-state index contributed by atoms with van der Waals surface area (Å²) in [7, 11) is 0. The number of halogens is 7. The maximum absolute atomic E-state index is 13.6. The number of alkyl halides is 3. The highest BCUT2D eigenvalue weighted by Crippen LogP contribution is 2.38. The number of carbonyl (C=O) groups excluding carboxylic acids is 1. The summed E-state index contributed by atoms with van der Waals surface area (Å²) in [6.45, 7) is 0. The largest absolute Gasteiger partial charge is 0.437 e. The first kappa shape index (κ1) is 21.6. The van der Waals surface area contributed by atoms with Crippen molar-refractivity contribution in [2.75, 3.05) is 5.32 Å². The van der Waals surface area contributed by atoms with Crippen LogP contribution in [0.4, 0.5) is 23.7 Å². The fourth-order valence-corrected chi connectivity index (χ4v) is 3.37. The molecule has 29 heavy (non-hydrogen) atoms. The number of aromatic nitrogens is 2. The van der Waals surface area contributed by atoms with E-state index in [1.165, 1.54) is 36.4 Å². The average Bonchev–Trinajstić information content (AvgIpc) is 3.02. The third-order valence-electron chi connectivity index (χ3n) is 3.51. The van der Waals surface area contributed by atoms with Crippen molar-refractivity contribution in [2.24, 2.45) is 0 Å². The van der Waals surface area contributed by atoms with Crippen LogP contribution in [0.5, 0.6) is 5.75 Å². The minimum Gasteiger partial charge on any atom is -0.406 e. The van der Waals surface area contributed by atoms with Gasteiger partial charge >= 0.3 is 12.3 Å². The molecule has 0 unspecified atom stereocenters. The van der Waals surface area contributed by atoms with Crippen LogP contribution in [0, 0.1) is 0 Å². The second-order valence-corrected chi connectivity index (χ2v) is 7.19. The molecule has 0 aliphatic heterocycles. The molecule has 0 saturated carbocycles. The number of anilines is 1. The van der Waals surface area contributed by atoms with E-state index >= 15 is 0 Å². The lowest BCUT2D eigenvalue weighted by Crippen LogP contribution is -2.20. The van der Waals surface area contributed by atoms with Gasteiger partial charge in [0.15, 0.2) is 11.4 Å². The van der Waals surface area contributed by atoms with Gasteiger partial charge in [0, 0.05) is 10.0 Å². The summed E-state index contributed by atoms with van der Waals surface area (Å²) < 4.78 is 46.2. The normalized spacial score (nSPS) is 11.4. The standard InChI is InChI=1S/C17H8Cl4F3N3O2/c18-8-1-3-10(4-2-8)27-15(17(22,23)24)13(7-25-27)29-16(28)26-14-11(20)5-9(19)6-12(14)21/h1-7H,(H,26,28). The number of hydrogen-bond donors (Lipinski definition) is 1. The van der Waals surface area contributed by atoms with E-state index in [-0.39, 0.29) is 26.4 Å². The molecule has 0 spiro atoms. The van der Waals surface area contributed by atoms with Crippen molar-refractivity contribution in [3.63, 3.8) is 0 Å². The van der Waals surface area contributed by atoms with Crippen molar-refractivity contribution in [1.29, 1.82) is 0 Å². The lowest BCUT2D eigenvalue weighted by Gasteiger charge is -2.13. The van der Waals surface area contributed by atoms with Crippen LogP contribution in [-0.2, 0) is 6.18 Å². The molecule has 1 aromatic heterocycles. The SMILES string of the molecule is O=C(Nc1c(Cl)cc(Cl)cc1Cl)Oc1cnn(-c2ccc(Cl)cc2)c1C(F)(F)F. The minimum atomic E-state index is -4.87. The predicted octanol–water partition coefficient (Wildman–Crippen LogP) is 7.12. The highest BCUT2D eigenvalue weighted by Gasteiger charge is 2.40. The second-order valence-electron chi connectivity index (χ2n) is 5.50. The van der Waals surface area contributed by atoms with Gasteiger partial charge in [-0.3, -0.25) is 5.32 Å². The van der Waals surface area contributed by atoms with Gasteiger partial charge in [-0.15, -0.1) is 0 Å². The van der Waals surface area contributed by atoms with E-state index in [9.17, 15) is 18.0 Å². The maximum Gasteiger partial charge on any atom is 0.437 e. The molecule has 0 aliphatic carbocycles. The van der Waals surface area contributed by atoms with Gasteiger partial charge < -0.3 is 4.74 Å². The topological polar surface area (TPSA) is 56.1 Å². The number of benzene rings is 2. The van der Waals surface area contributed by atoms with Gasteiger partial charge in [-0.2, -0.15) is 18.3 Å². The molecule has 152 valence electrons. The van der Waals surface area contributed by atoms with Gasteiger partial charge in [0.1, 0.15) is 0 Å². The maximum atomic E-state index is 13.6. The number of carbonyl (C=O) groups is 1. The number of ether oxygens (including phenoxy) is 1. The molecule has 1 amide bonds. The van der Waals surface area contributed by atoms with Crippen LogP contribution in [-0.4, -0.2) is 15.9 Å². The molecule has 3 rings (SSSR count). The lowest BCUT2D eigenvalue weighted by molar-refractivity contribution is -0.143. The molecular weight excluding hydrogens is 477 g/mol. The van der Waals surface area contributed by atoms with Gasteiger partial charge in [-0.05, 0) is 36.4 Å². The Morgan fingerprint density at radius 3 is 2.14 bits per heavy atom. The van der Waals surface area contributed by atoms with Crippen molar-refractivity contribution >= 4 is 58.2 Å². The third kappa shape index (κ3) is 4.90. The van der Waals surface area contributed by atoms with Crippen LogP contribution >= 0.6 is 46.4 Å². The zero-order valence-corrected chi connectivity index (χ0v) is 16.9. The Morgan fingerprint density at radius 1 is 1.00 bits per heavy atom. The molecule has 5 nitrogen and oxygen atoms in total. The Labute approximate surface area is 181 Å². The van der Waals surface area contributed by atoms with E-state index in [4.69, 9.17) is 51.1 Å². The highest BCUT2D eigenvalue weighted by atomic mass is 35.5. The van der Waals surface area contributed by atoms with Crippen molar-refractivity contribution in [3.05, 3.63) is 68.4 Å². The molecule has 1 heterocycles. The molecule has 0 atom stereocenters. The molecule has 0 saturated heterocycles. The molecule has 0 radical (unpaired) electrons. The van der Waals surface area contributed by atoms with Crippen molar-refractivity contribution in [1.82, 2.24) is 9.78 Å². The predicted molar refractivity (Wildman–Crippen MR) is 105 cm³/mol. The molecule has 0 fully saturated rings. The first-order chi connectivity index (χ1) is 13.6. The van der Waals surface area contributed by atoms with Crippen molar-refractivity contribution in [3.8, 4) is 11.4 Å². The van der Waals surface area contributed by atoms with Crippen LogP contribution in [0.15, 0.2) is 42.6 Å². The average molecular weight is 485 g/mol. The van der Waals surface area contributed by atoms with E-state index in [1.807, 2.05) is 0 Å². The fraction of sp³-hybridized carbons (Fsp3) is 0.0588. The summed E-state index contributed by atoms with van der Waals surface area (Å²) in [4.78, 5) is 12.1. The quantitative estimate of drug-likeness (QED) is 0.430. The summed E-state index contributed by atoms with van der Waals surface area (Å²) >= 11 is 23.4. The number of nitrogens with zero attached hydrogens (tertiary/aromatic N) is 2. The van der Waals surface area contributed by atoms with E-state index in [0.717, 1.165) is 6.20 Å². The molecule has 0 aliphatic rings. The fourth-order valence-electron chi connectivity index (χ4n) is 2.34. The third-order valence-corrected chi connectivity index (χ3v) is 4.58. The summed E-state index contributed by atoms with van der Waals surface area (Å²) in [5.41, 5.74) is -1.29. The van der Waals surface area contributed by atoms with Gasteiger partial charge in [-0.25, -0.2) is 9.48 Å². The Hall–Kier alpha value is -2.13. The summed E-state index contributed by atoms with van der Waals surface area (Å²) in [6, 6.07) is 8.06. The zero-order valence-electron chi connectivity index (χ0n) is 13.9. The van der Waals surface area contributed by atoms with Crippen LogP contribution in [0.1, 0.15) is 5.69 Å². The lowest BCUT2D eigenvalue weighted by atomic mass is 10.3.